The number of piperazine rings is 1. The molecule has 0 spiro atoms. The van der Waals surface area contributed by atoms with Gasteiger partial charge in [0, 0.05) is 56.1 Å². The van der Waals surface area contributed by atoms with Crippen LogP contribution in [0.4, 0.5) is 5.95 Å². The van der Waals surface area contributed by atoms with Crippen LogP contribution < -0.4 is 10.4 Å². The molecule has 1 aromatic heterocycles. The number of carbonyl (C=O) groups is 2. The number of hydroxylamine groups is 1. The molecule has 35 heavy (non-hydrogen) atoms. The van der Waals surface area contributed by atoms with E-state index in [2.05, 4.69) is 22.1 Å². The van der Waals surface area contributed by atoms with E-state index in [4.69, 9.17) is 5.21 Å². The van der Waals surface area contributed by atoms with E-state index in [0.29, 0.717) is 43.3 Å². The Hall–Kier alpha value is -3.53. The summed E-state index contributed by atoms with van der Waals surface area (Å²) in [5, 5.41) is 7.32. The molecule has 9 heteroatoms. The summed E-state index contributed by atoms with van der Waals surface area (Å²) in [4.78, 5) is 38.0. The lowest BCUT2D eigenvalue weighted by atomic mass is 10.0. The number of hydrogen-bond donors (Lipinski definition) is 2. The third-order valence-corrected chi connectivity index (χ3v) is 6.13. The van der Waals surface area contributed by atoms with Gasteiger partial charge in [0.2, 0.25) is 5.95 Å². The van der Waals surface area contributed by atoms with Crippen molar-refractivity contribution in [3.63, 3.8) is 0 Å². The van der Waals surface area contributed by atoms with Crippen LogP contribution in [0.1, 0.15) is 21.5 Å². The predicted molar refractivity (Wildman–Crippen MR) is 140 cm³/mol. The number of rotatable bonds is 6. The zero-order valence-electron chi connectivity index (χ0n) is 19.8. The molecule has 4 rings (SSSR count). The molecule has 1 amide bonds. The van der Waals surface area contributed by atoms with Gasteiger partial charge >= 0.3 is 0 Å². The van der Waals surface area contributed by atoms with E-state index < -0.39 is 0 Å². The highest BCUT2D eigenvalue weighted by molar-refractivity contribution is 7.98. The molecule has 8 nitrogen and oxygen atoms in total. The van der Waals surface area contributed by atoms with Gasteiger partial charge in [0.25, 0.3) is 5.91 Å². The van der Waals surface area contributed by atoms with Gasteiger partial charge in [-0.05, 0) is 35.6 Å². The van der Waals surface area contributed by atoms with Crippen LogP contribution in [0.5, 0.6) is 0 Å². The fraction of sp³-hybridized carbons (Fsp3) is 0.231. The second-order valence-electron chi connectivity index (χ2n) is 7.63. The molecule has 0 bridgehead atoms. The van der Waals surface area contributed by atoms with Crippen LogP contribution in [-0.4, -0.2) is 71.8 Å². The number of amides is 1. The number of anilines is 1. The highest BCUT2D eigenvalue weighted by Gasteiger charge is 2.25. The summed E-state index contributed by atoms with van der Waals surface area (Å²) in [7, 11) is 1.43. The first-order valence-electron chi connectivity index (χ1n) is 11.1. The Morgan fingerprint density at radius 2 is 1.57 bits per heavy atom. The lowest BCUT2D eigenvalue weighted by Gasteiger charge is -2.35. The van der Waals surface area contributed by atoms with Crippen molar-refractivity contribution in [1.29, 1.82) is 0 Å². The van der Waals surface area contributed by atoms with Crippen molar-refractivity contribution in [3.05, 3.63) is 83.7 Å². The summed E-state index contributed by atoms with van der Waals surface area (Å²) in [5.74, 6) is 0.595. The van der Waals surface area contributed by atoms with Crippen molar-refractivity contribution in [3.8, 4) is 0 Å². The molecule has 3 aromatic rings. The highest BCUT2D eigenvalue weighted by Crippen LogP contribution is 2.24. The minimum absolute atomic E-state index is 0.0158. The standard InChI is InChI=1S/C25H24N4O2S.CH5NO/c1-32-22-9-7-19(8-10-22)15-23(21-5-3-2-4-6-21)24(31)28-11-13-29(14-12-28)25-26-16-20(18-30)17-27-25;1-2-3/h2-10,15-18H,11-14H2,1H3;2-3H,1H3/b23-15+;. The number of nitrogens with one attached hydrogen (secondary N) is 1. The monoisotopic (exact) mass is 491 g/mol. The highest BCUT2D eigenvalue weighted by atomic mass is 32.2. The Morgan fingerprint density at radius 1 is 0.971 bits per heavy atom. The second-order valence-corrected chi connectivity index (χ2v) is 8.51. The van der Waals surface area contributed by atoms with Gasteiger partial charge in [-0.2, -0.15) is 0 Å². The van der Waals surface area contributed by atoms with E-state index in [1.165, 1.54) is 24.3 Å². The van der Waals surface area contributed by atoms with E-state index in [1.807, 2.05) is 64.6 Å². The first kappa shape index (κ1) is 26.1. The Bertz CT molecular complexity index is 1110. The van der Waals surface area contributed by atoms with Gasteiger partial charge in [-0.25, -0.2) is 15.4 Å². The quantitative estimate of drug-likeness (QED) is 0.178. The van der Waals surface area contributed by atoms with Gasteiger partial charge in [-0.15, -0.1) is 11.8 Å². The summed E-state index contributed by atoms with van der Waals surface area (Å²) in [6.07, 6.45) is 7.78. The summed E-state index contributed by atoms with van der Waals surface area (Å²) in [6.45, 7) is 2.42. The van der Waals surface area contributed by atoms with Gasteiger partial charge in [-0.1, -0.05) is 42.5 Å². The van der Waals surface area contributed by atoms with Crippen LogP contribution >= 0.6 is 11.8 Å². The molecule has 182 valence electrons. The molecule has 1 fully saturated rings. The normalized spacial score (nSPS) is 13.6. The molecule has 1 aliphatic heterocycles. The molecule has 0 saturated carbocycles. The molecular formula is C26H29N5O3S. The molecule has 0 atom stereocenters. The summed E-state index contributed by atoms with van der Waals surface area (Å²) in [5.41, 5.74) is 4.78. The molecule has 2 heterocycles. The maximum atomic E-state index is 13.5. The molecule has 0 unspecified atom stereocenters. The topological polar surface area (TPSA) is 98.7 Å². The van der Waals surface area contributed by atoms with Crippen LogP contribution in [0.3, 0.4) is 0 Å². The van der Waals surface area contributed by atoms with Gasteiger partial charge in [0.1, 0.15) is 0 Å². The van der Waals surface area contributed by atoms with Crippen LogP contribution in [0.2, 0.25) is 0 Å². The van der Waals surface area contributed by atoms with Crippen LogP contribution in [-0.2, 0) is 4.79 Å². The van der Waals surface area contributed by atoms with Gasteiger partial charge in [0.15, 0.2) is 6.29 Å². The van der Waals surface area contributed by atoms with Crippen molar-refractivity contribution in [1.82, 2.24) is 20.3 Å². The third-order valence-electron chi connectivity index (χ3n) is 5.39. The van der Waals surface area contributed by atoms with E-state index >= 15 is 0 Å². The Morgan fingerprint density at radius 3 is 2.11 bits per heavy atom. The minimum Gasteiger partial charge on any atom is -0.337 e. The van der Waals surface area contributed by atoms with Crippen molar-refractivity contribution in [2.45, 2.75) is 4.90 Å². The number of carbonyl (C=O) groups excluding carboxylic acids is 2. The molecule has 1 saturated heterocycles. The maximum absolute atomic E-state index is 13.5. The van der Waals surface area contributed by atoms with E-state index in [0.717, 1.165) is 17.4 Å². The third kappa shape index (κ3) is 7.22. The fourth-order valence-electron chi connectivity index (χ4n) is 3.59. The minimum atomic E-state index is 0.0158. The first-order chi connectivity index (χ1) is 17.1. The summed E-state index contributed by atoms with van der Waals surface area (Å²) < 4.78 is 0. The number of aldehydes is 1. The summed E-state index contributed by atoms with van der Waals surface area (Å²) >= 11 is 1.69. The predicted octanol–water partition coefficient (Wildman–Crippen LogP) is 3.50. The Labute approximate surface area is 209 Å². The van der Waals surface area contributed by atoms with Crippen molar-refractivity contribution >= 4 is 41.6 Å². The maximum Gasteiger partial charge on any atom is 0.254 e. The fourth-order valence-corrected chi connectivity index (χ4v) is 4.00. The lowest BCUT2D eigenvalue weighted by molar-refractivity contribution is -0.125. The largest absolute Gasteiger partial charge is 0.337 e. The Kier molecular flexibility index (Phi) is 9.97. The summed E-state index contributed by atoms with van der Waals surface area (Å²) in [6, 6.07) is 18.0. The first-order valence-corrected chi connectivity index (χ1v) is 12.4. The van der Waals surface area contributed by atoms with E-state index in [9.17, 15) is 9.59 Å². The molecule has 0 aliphatic carbocycles. The molecule has 2 aromatic carbocycles. The van der Waals surface area contributed by atoms with Crippen molar-refractivity contribution < 1.29 is 14.8 Å². The Balaban J connectivity index is 0.00000108. The molecule has 1 aliphatic rings. The number of aromatic nitrogens is 2. The van der Waals surface area contributed by atoms with Crippen molar-refractivity contribution in [2.24, 2.45) is 0 Å². The number of hydrogen-bond acceptors (Lipinski definition) is 8. The average molecular weight is 492 g/mol. The van der Waals surface area contributed by atoms with E-state index in [1.54, 1.807) is 17.2 Å². The number of thioether (sulfide) groups is 1. The molecule has 0 radical (unpaired) electrons. The smallest absolute Gasteiger partial charge is 0.254 e. The number of benzene rings is 2. The zero-order chi connectivity index (χ0) is 25.0. The van der Waals surface area contributed by atoms with Crippen molar-refractivity contribution in [2.75, 3.05) is 44.4 Å². The number of nitrogens with zero attached hydrogens (tertiary/aromatic N) is 4. The van der Waals surface area contributed by atoms with Gasteiger partial charge in [0.05, 0.1) is 5.56 Å². The average Bonchev–Trinajstić information content (AvgIpc) is 2.93. The van der Waals surface area contributed by atoms with Crippen LogP contribution in [0.25, 0.3) is 11.6 Å². The molecular weight excluding hydrogens is 462 g/mol. The van der Waals surface area contributed by atoms with E-state index in [-0.39, 0.29) is 5.91 Å². The van der Waals surface area contributed by atoms with Gasteiger partial charge < -0.3 is 15.0 Å². The van der Waals surface area contributed by atoms with Crippen LogP contribution in [0.15, 0.2) is 71.9 Å². The lowest BCUT2D eigenvalue weighted by Crippen LogP contribution is -2.49. The van der Waals surface area contributed by atoms with Gasteiger partial charge in [-0.3, -0.25) is 9.59 Å². The SMILES string of the molecule is CNO.CSc1ccc(/C=C(/C(=O)N2CCN(c3ncc(C=O)cn3)CC2)c2ccccc2)cc1. The second kappa shape index (κ2) is 13.4. The zero-order valence-corrected chi connectivity index (χ0v) is 20.6. The molecule has 2 N–H and O–H groups in total. The van der Waals surface area contributed by atoms with Crippen LogP contribution in [0, 0.1) is 0 Å².